The van der Waals surface area contributed by atoms with E-state index in [4.69, 9.17) is 18.9 Å². The number of carbonyl (C=O) groups excluding carboxylic acids is 1. The molecule has 10 heteroatoms. The fourth-order valence-corrected chi connectivity index (χ4v) is 6.06. The number of hydrogen-bond acceptors (Lipinski definition) is 9. The van der Waals surface area contributed by atoms with Crippen LogP contribution in [0.1, 0.15) is 10.4 Å². The van der Waals surface area contributed by atoms with Gasteiger partial charge in [-0.05, 0) is 35.0 Å². The van der Waals surface area contributed by atoms with Gasteiger partial charge >= 0.3 is 5.63 Å². The Morgan fingerprint density at radius 2 is 1.85 bits per heavy atom. The number of rotatable bonds is 7. The van der Waals surface area contributed by atoms with Crippen molar-refractivity contribution in [2.75, 3.05) is 58.4 Å². The molecule has 5 aromatic rings. The zero-order valence-corrected chi connectivity index (χ0v) is 22.5. The predicted molar refractivity (Wildman–Crippen MR) is 154 cm³/mol. The van der Waals surface area contributed by atoms with Crippen molar-refractivity contribution in [3.05, 3.63) is 70.6 Å². The van der Waals surface area contributed by atoms with Gasteiger partial charge in [0.15, 0.2) is 16.6 Å². The standard InChI is InChI=1S/C29H28N4O5S/c1-36-23-9-10-24-25(26(23)37-2)31-29(39-24)33-15-13-32(14-16-33)12-11-30-27(34)21-17-20-19-6-4-3-5-18(19)7-8-22(20)38-28(21)35/h3-10,17H,11-16H2,1-2H3,(H,30,34). The minimum atomic E-state index is -0.631. The number of amides is 1. The lowest BCUT2D eigenvalue weighted by Gasteiger charge is -2.34. The van der Waals surface area contributed by atoms with Gasteiger partial charge in [-0.25, -0.2) is 9.78 Å². The van der Waals surface area contributed by atoms with Crippen molar-refractivity contribution in [3.8, 4) is 11.5 Å². The molecule has 3 heterocycles. The molecule has 0 aliphatic carbocycles. The van der Waals surface area contributed by atoms with Gasteiger partial charge in [0, 0.05) is 44.7 Å². The molecule has 6 rings (SSSR count). The van der Waals surface area contributed by atoms with E-state index in [1.54, 1.807) is 37.7 Å². The van der Waals surface area contributed by atoms with E-state index in [1.165, 1.54) is 0 Å². The molecule has 1 amide bonds. The van der Waals surface area contributed by atoms with Gasteiger partial charge < -0.3 is 24.1 Å². The normalized spacial score (nSPS) is 14.3. The number of anilines is 1. The summed E-state index contributed by atoms with van der Waals surface area (Å²) in [7, 11) is 3.25. The fourth-order valence-electron chi connectivity index (χ4n) is 5.05. The quantitative estimate of drug-likeness (QED) is 0.241. The molecule has 0 unspecified atom stereocenters. The Morgan fingerprint density at radius 1 is 1.03 bits per heavy atom. The third-order valence-electron chi connectivity index (χ3n) is 7.13. The van der Waals surface area contributed by atoms with Crippen molar-refractivity contribution in [3.63, 3.8) is 0 Å². The molecular formula is C29H28N4O5S. The fraction of sp³-hybridized carbons (Fsp3) is 0.276. The summed E-state index contributed by atoms with van der Waals surface area (Å²) >= 11 is 1.64. The Labute approximate surface area is 228 Å². The number of nitrogens with zero attached hydrogens (tertiary/aromatic N) is 3. The van der Waals surface area contributed by atoms with Crippen LogP contribution in [-0.4, -0.2) is 69.3 Å². The number of aromatic nitrogens is 1. The highest BCUT2D eigenvalue weighted by atomic mass is 32.1. The van der Waals surface area contributed by atoms with Crippen LogP contribution in [0.5, 0.6) is 11.5 Å². The Bertz CT molecular complexity index is 1740. The van der Waals surface area contributed by atoms with Crippen molar-refractivity contribution in [1.82, 2.24) is 15.2 Å². The highest BCUT2D eigenvalue weighted by Crippen LogP contribution is 2.40. The lowest BCUT2D eigenvalue weighted by molar-refractivity contribution is 0.0944. The van der Waals surface area contributed by atoms with Crippen molar-refractivity contribution >= 4 is 54.3 Å². The van der Waals surface area contributed by atoms with Gasteiger partial charge in [0.25, 0.3) is 5.91 Å². The second-order valence-corrected chi connectivity index (χ2v) is 10.4. The lowest BCUT2D eigenvalue weighted by Crippen LogP contribution is -2.48. The van der Waals surface area contributed by atoms with E-state index in [-0.39, 0.29) is 5.56 Å². The summed E-state index contributed by atoms with van der Waals surface area (Å²) in [6.45, 7) is 4.46. The molecule has 1 saturated heterocycles. The second kappa shape index (κ2) is 10.5. The van der Waals surface area contributed by atoms with E-state index in [2.05, 4.69) is 15.1 Å². The minimum absolute atomic E-state index is 0.0200. The topological polar surface area (TPSA) is 97.1 Å². The molecule has 1 aliphatic heterocycles. The van der Waals surface area contributed by atoms with E-state index >= 15 is 0 Å². The van der Waals surface area contributed by atoms with Gasteiger partial charge in [-0.3, -0.25) is 9.69 Å². The van der Waals surface area contributed by atoms with Gasteiger partial charge in [0.2, 0.25) is 0 Å². The molecule has 9 nitrogen and oxygen atoms in total. The molecule has 0 spiro atoms. The number of carbonyl (C=O) groups is 1. The van der Waals surface area contributed by atoms with Crippen LogP contribution in [0.15, 0.2) is 63.8 Å². The molecule has 200 valence electrons. The number of hydrogen-bond donors (Lipinski definition) is 1. The number of fused-ring (bicyclic) bond motifs is 4. The molecule has 1 fully saturated rings. The Hall–Kier alpha value is -4.15. The van der Waals surface area contributed by atoms with E-state index in [1.807, 2.05) is 42.5 Å². The maximum atomic E-state index is 12.9. The number of thiazole rings is 1. The van der Waals surface area contributed by atoms with Gasteiger partial charge in [0.05, 0.1) is 18.9 Å². The Kier molecular flexibility index (Phi) is 6.80. The van der Waals surface area contributed by atoms with Crippen LogP contribution in [-0.2, 0) is 0 Å². The molecule has 1 N–H and O–H groups in total. The molecule has 1 aliphatic rings. The first-order chi connectivity index (χ1) is 19.1. The maximum Gasteiger partial charge on any atom is 0.349 e. The summed E-state index contributed by atoms with van der Waals surface area (Å²) in [4.78, 5) is 34.8. The van der Waals surface area contributed by atoms with Crippen LogP contribution in [0.3, 0.4) is 0 Å². The number of ether oxygens (including phenoxy) is 2. The van der Waals surface area contributed by atoms with Gasteiger partial charge in [-0.1, -0.05) is 41.7 Å². The van der Waals surface area contributed by atoms with E-state index < -0.39 is 11.5 Å². The van der Waals surface area contributed by atoms with Gasteiger partial charge in [-0.15, -0.1) is 0 Å². The van der Waals surface area contributed by atoms with Crippen LogP contribution in [0, 0.1) is 0 Å². The summed E-state index contributed by atoms with van der Waals surface area (Å²) in [5.41, 5.74) is 0.674. The summed E-state index contributed by atoms with van der Waals surface area (Å²) < 4.78 is 17.5. The summed E-state index contributed by atoms with van der Waals surface area (Å²) in [5, 5.41) is 6.57. The highest BCUT2D eigenvalue weighted by molar-refractivity contribution is 7.22. The van der Waals surface area contributed by atoms with Crippen LogP contribution >= 0.6 is 11.3 Å². The first-order valence-electron chi connectivity index (χ1n) is 12.8. The Balaban J connectivity index is 1.07. The third-order valence-corrected chi connectivity index (χ3v) is 8.22. The van der Waals surface area contributed by atoms with E-state index in [9.17, 15) is 9.59 Å². The van der Waals surface area contributed by atoms with E-state index in [0.717, 1.165) is 57.7 Å². The molecule has 0 atom stereocenters. The van der Waals surface area contributed by atoms with Crippen LogP contribution in [0.25, 0.3) is 32.0 Å². The first kappa shape index (κ1) is 25.1. The van der Waals surface area contributed by atoms with Crippen molar-refractivity contribution in [1.29, 1.82) is 0 Å². The number of nitrogens with one attached hydrogen (secondary N) is 1. The average Bonchev–Trinajstić information content (AvgIpc) is 3.41. The second-order valence-electron chi connectivity index (χ2n) is 9.37. The Morgan fingerprint density at radius 3 is 2.64 bits per heavy atom. The summed E-state index contributed by atoms with van der Waals surface area (Å²) in [6, 6.07) is 17.1. The zero-order chi connectivity index (χ0) is 26.9. The van der Waals surface area contributed by atoms with Crippen molar-refractivity contribution in [2.24, 2.45) is 0 Å². The van der Waals surface area contributed by atoms with Crippen LogP contribution in [0.2, 0.25) is 0 Å². The van der Waals surface area contributed by atoms with Crippen LogP contribution in [0.4, 0.5) is 5.13 Å². The highest BCUT2D eigenvalue weighted by Gasteiger charge is 2.22. The molecule has 0 saturated carbocycles. The van der Waals surface area contributed by atoms with Crippen molar-refractivity contribution < 1.29 is 18.7 Å². The average molecular weight is 545 g/mol. The van der Waals surface area contributed by atoms with E-state index in [0.29, 0.717) is 30.2 Å². The van der Waals surface area contributed by atoms with Gasteiger partial charge in [-0.2, -0.15) is 0 Å². The molecule has 2 aromatic heterocycles. The third kappa shape index (κ3) is 4.77. The molecule has 39 heavy (non-hydrogen) atoms. The smallest absolute Gasteiger partial charge is 0.349 e. The predicted octanol–water partition coefficient (Wildman–Crippen LogP) is 4.13. The minimum Gasteiger partial charge on any atom is -0.493 e. The number of benzene rings is 3. The maximum absolute atomic E-state index is 12.9. The molecule has 3 aromatic carbocycles. The number of methoxy groups -OCH3 is 2. The molecule has 0 radical (unpaired) electrons. The van der Waals surface area contributed by atoms with Crippen LogP contribution < -0.4 is 25.3 Å². The molecule has 0 bridgehead atoms. The SMILES string of the molecule is COc1ccc2sc(N3CCN(CCNC(=O)c4cc5c(ccc6ccccc65)oc4=O)CC3)nc2c1OC. The zero-order valence-electron chi connectivity index (χ0n) is 21.7. The lowest BCUT2D eigenvalue weighted by atomic mass is 10.0. The van der Waals surface area contributed by atoms with Crippen molar-refractivity contribution in [2.45, 2.75) is 0 Å². The number of piperazine rings is 1. The monoisotopic (exact) mass is 544 g/mol. The first-order valence-corrected chi connectivity index (χ1v) is 13.6. The largest absolute Gasteiger partial charge is 0.493 e. The summed E-state index contributed by atoms with van der Waals surface area (Å²) in [6.07, 6.45) is 0. The van der Waals surface area contributed by atoms with Gasteiger partial charge in [0.1, 0.15) is 16.7 Å². The molecular weight excluding hydrogens is 516 g/mol. The summed E-state index contributed by atoms with van der Waals surface area (Å²) in [5.74, 6) is 0.903.